The maximum absolute atomic E-state index is 5.94. The Kier molecular flexibility index (Phi) is 6.93. The Morgan fingerprint density at radius 1 is 0.759 bits per heavy atom. The second kappa shape index (κ2) is 10.2. The fraction of sp³-hybridized carbons (Fsp3) is 0.346. The first-order valence-corrected chi connectivity index (χ1v) is 10.8. The van der Waals surface area contributed by atoms with Crippen LogP contribution in [0.4, 0.5) is 0 Å². The summed E-state index contributed by atoms with van der Waals surface area (Å²) in [5.74, 6) is 0.943. The van der Waals surface area contributed by atoms with E-state index in [0.717, 1.165) is 43.0 Å². The van der Waals surface area contributed by atoms with E-state index >= 15 is 0 Å². The molecule has 0 saturated carbocycles. The van der Waals surface area contributed by atoms with E-state index in [1.807, 2.05) is 6.20 Å². The van der Waals surface area contributed by atoms with Crippen molar-refractivity contribution >= 4 is 0 Å². The Balaban J connectivity index is 1.27. The van der Waals surface area contributed by atoms with Gasteiger partial charge in [0, 0.05) is 24.0 Å². The van der Waals surface area contributed by atoms with Crippen LogP contribution in [-0.2, 0) is 12.8 Å². The summed E-state index contributed by atoms with van der Waals surface area (Å²) in [5.41, 5.74) is 4.81. The zero-order valence-electron chi connectivity index (χ0n) is 17.1. The zero-order chi connectivity index (χ0) is 19.7. The summed E-state index contributed by atoms with van der Waals surface area (Å²) in [6, 6.07) is 23.3. The van der Waals surface area contributed by atoms with E-state index in [0.29, 0.717) is 0 Å². The highest BCUT2D eigenvalue weighted by Crippen LogP contribution is 2.22. The maximum atomic E-state index is 5.94. The van der Waals surface area contributed by atoms with Gasteiger partial charge in [-0.05, 0) is 68.1 Å². The number of aryl methyl sites for hydroxylation is 2. The van der Waals surface area contributed by atoms with Gasteiger partial charge in [0.1, 0.15) is 12.4 Å². The lowest BCUT2D eigenvalue weighted by Crippen LogP contribution is -2.33. The quantitative estimate of drug-likeness (QED) is 0.518. The van der Waals surface area contributed by atoms with Crippen molar-refractivity contribution in [1.82, 2.24) is 9.88 Å². The molecule has 1 fully saturated rings. The second-order valence-electron chi connectivity index (χ2n) is 7.80. The lowest BCUT2D eigenvalue weighted by molar-refractivity contribution is 0.183. The van der Waals surface area contributed by atoms with Gasteiger partial charge in [-0.3, -0.25) is 9.88 Å². The van der Waals surface area contributed by atoms with Crippen molar-refractivity contribution in [3.8, 4) is 16.9 Å². The number of benzene rings is 2. The number of hydrogen-bond acceptors (Lipinski definition) is 3. The van der Waals surface area contributed by atoms with Gasteiger partial charge in [-0.25, -0.2) is 0 Å². The SMILES string of the molecule is c1ccc(CCc2ccc(-c3ccc(OCCN4CCCCC4)cc3)cn2)cc1. The number of likely N-dealkylation sites (tertiary alicyclic amines) is 1. The fourth-order valence-electron chi connectivity index (χ4n) is 3.88. The molecule has 29 heavy (non-hydrogen) atoms. The highest BCUT2D eigenvalue weighted by Gasteiger charge is 2.09. The monoisotopic (exact) mass is 386 g/mol. The van der Waals surface area contributed by atoms with E-state index in [9.17, 15) is 0 Å². The predicted octanol–water partition coefficient (Wildman–Crippen LogP) is 5.40. The van der Waals surface area contributed by atoms with Crippen LogP contribution in [0.2, 0.25) is 0 Å². The van der Waals surface area contributed by atoms with Crippen LogP contribution < -0.4 is 4.74 Å². The average molecular weight is 387 g/mol. The molecule has 3 aromatic rings. The Labute approximate surface area is 174 Å². The number of pyridine rings is 1. The smallest absolute Gasteiger partial charge is 0.119 e. The molecule has 1 aromatic heterocycles. The third kappa shape index (κ3) is 5.91. The standard InChI is InChI=1S/C26H30N2O/c1-3-7-22(8-4-1)9-13-25-14-10-24(21-27-25)23-11-15-26(16-12-23)29-20-19-28-17-5-2-6-18-28/h1,3-4,7-8,10-12,14-16,21H,2,5-6,9,13,17-20H2. The second-order valence-corrected chi connectivity index (χ2v) is 7.80. The molecule has 3 heteroatoms. The van der Waals surface area contributed by atoms with Crippen LogP contribution in [0.1, 0.15) is 30.5 Å². The van der Waals surface area contributed by atoms with Crippen LogP contribution in [0.15, 0.2) is 72.9 Å². The van der Waals surface area contributed by atoms with Crippen LogP contribution in [-0.4, -0.2) is 36.1 Å². The van der Waals surface area contributed by atoms with E-state index < -0.39 is 0 Å². The molecule has 0 radical (unpaired) electrons. The number of ether oxygens (including phenoxy) is 1. The molecular weight excluding hydrogens is 356 g/mol. The van der Waals surface area contributed by atoms with E-state index in [4.69, 9.17) is 4.74 Å². The van der Waals surface area contributed by atoms with E-state index in [1.165, 1.54) is 43.5 Å². The molecule has 1 saturated heterocycles. The van der Waals surface area contributed by atoms with Crippen molar-refractivity contribution in [2.24, 2.45) is 0 Å². The number of hydrogen-bond donors (Lipinski definition) is 0. The van der Waals surface area contributed by atoms with Crippen molar-refractivity contribution in [3.63, 3.8) is 0 Å². The molecule has 0 N–H and O–H groups in total. The van der Waals surface area contributed by atoms with Gasteiger partial charge in [0.15, 0.2) is 0 Å². The lowest BCUT2D eigenvalue weighted by atomic mass is 10.1. The minimum atomic E-state index is 0.761. The van der Waals surface area contributed by atoms with E-state index in [2.05, 4.69) is 76.6 Å². The summed E-state index contributed by atoms with van der Waals surface area (Å²) in [5, 5.41) is 0. The summed E-state index contributed by atoms with van der Waals surface area (Å²) >= 11 is 0. The predicted molar refractivity (Wildman–Crippen MR) is 119 cm³/mol. The van der Waals surface area contributed by atoms with Crippen molar-refractivity contribution in [2.75, 3.05) is 26.2 Å². The van der Waals surface area contributed by atoms with Crippen LogP contribution in [0.5, 0.6) is 5.75 Å². The molecule has 0 spiro atoms. The van der Waals surface area contributed by atoms with Gasteiger partial charge in [-0.2, -0.15) is 0 Å². The van der Waals surface area contributed by atoms with Crippen molar-refractivity contribution in [3.05, 3.63) is 84.2 Å². The molecule has 0 amide bonds. The van der Waals surface area contributed by atoms with Gasteiger partial charge in [0.05, 0.1) is 0 Å². The third-order valence-corrected chi connectivity index (χ3v) is 5.65. The molecule has 2 aromatic carbocycles. The molecule has 0 unspecified atom stereocenters. The summed E-state index contributed by atoms with van der Waals surface area (Å²) < 4.78 is 5.94. The van der Waals surface area contributed by atoms with E-state index in [1.54, 1.807) is 0 Å². The number of nitrogens with zero attached hydrogens (tertiary/aromatic N) is 2. The topological polar surface area (TPSA) is 25.4 Å². The maximum Gasteiger partial charge on any atom is 0.119 e. The Hall–Kier alpha value is -2.65. The minimum absolute atomic E-state index is 0.761. The molecule has 1 aliphatic heterocycles. The van der Waals surface area contributed by atoms with Gasteiger partial charge < -0.3 is 4.74 Å². The first-order valence-electron chi connectivity index (χ1n) is 10.8. The molecule has 1 aliphatic rings. The van der Waals surface area contributed by atoms with E-state index in [-0.39, 0.29) is 0 Å². The van der Waals surface area contributed by atoms with Crippen molar-refractivity contribution in [2.45, 2.75) is 32.1 Å². The summed E-state index contributed by atoms with van der Waals surface area (Å²) in [6.07, 6.45) is 8.00. The third-order valence-electron chi connectivity index (χ3n) is 5.65. The Bertz CT molecular complexity index is 853. The van der Waals surface area contributed by atoms with Gasteiger partial charge in [0.25, 0.3) is 0 Å². The first kappa shape index (κ1) is 19.7. The molecule has 0 atom stereocenters. The first-order chi connectivity index (χ1) is 14.4. The summed E-state index contributed by atoms with van der Waals surface area (Å²) in [4.78, 5) is 7.16. The lowest BCUT2D eigenvalue weighted by Gasteiger charge is -2.26. The highest BCUT2D eigenvalue weighted by molar-refractivity contribution is 5.63. The highest BCUT2D eigenvalue weighted by atomic mass is 16.5. The fourth-order valence-corrected chi connectivity index (χ4v) is 3.88. The summed E-state index contributed by atoms with van der Waals surface area (Å²) in [7, 11) is 0. The number of aromatic nitrogens is 1. The van der Waals surface area contributed by atoms with Crippen LogP contribution in [0, 0.1) is 0 Å². The van der Waals surface area contributed by atoms with Crippen LogP contribution >= 0.6 is 0 Å². The molecule has 0 aliphatic carbocycles. The summed E-state index contributed by atoms with van der Waals surface area (Å²) in [6.45, 7) is 4.22. The van der Waals surface area contributed by atoms with Gasteiger partial charge >= 0.3 is 0 Å². The number of piperidine rings is 1. The molecule has 0 bridgehead atoms. The largest absolute Gasteiger partial charge is 0.492 e. The van der Waals surface area contributed by atoms with Crippen LogP contribution in [0.25, 0.3) is 11.1 Å². The molecule has 2 heterocycles. The average Bonchev–Trinajstić information content (AvgIpc) is 2.80. The normalized spacial score (nSPS) is 14.6. The Morgan fingerprint density at radius 2 is 1.52 bits per heavy atom. The van der Waals surface area contributed by atoms with Crippen molar-refractivity contribution in [1.29, 1.82) is 0 Å². The van der Waals surface area contributed by atoms with Crippen LogP contribution in [0.3, 0.4) is 0 Å². The molecular formula is C26H30N2O. The van der Waals surface area contributed by atoms with Gasteiger partial charge in [-0.1, -0.05) is 55.0 Å². The molecule has 3 nitrogen and oxygen atoms in total. The van der Waals surface area contributed by atoms with Crippen molar-refractivity contribution < 1.29 is 4.74 Å². The zero-order valence-corrected chi connectivity index (χ0v) is 17.1. The van der Waals surface area contributed by atoms with Gasteiger partial charge in [0.2, 0.25) is 0 Å². The Morgan fingerprint density at radius 3 is 2.24 bits per heavy atom. The molecule has 4 rings (SSSR count). The van der Waals surface area contributed by atoms with Gasteiger partial charge in [-0.15, -0.1) is 0 Å². The number of rotatable bonds is 8. The molecule has 150 valence electrons. The minimum Gasteiger partial charge on any atom is -0.492 e.